The maximum absolute atomic E-state index is 11.9. The Balaban J connectivity index is 2.42. The number of nitrogens with two attached hydrogens (primary N) is 1. The van der Waals surface area contributed by atoms with Gasteiger partial charge in [-0.05, 0) is 13.8 Å². The number of amides is 1. The molecule has 0 aromatic rings. The van der Waals surface area contributed by atoms with E-state index in [9.17, 15) is 4.79 Å². The smallest absolute Gasteiger partial charge is 0.240 e. The molecule has 4 nitrogen and oxygen atoms in total. The molecule has 1 unspecified atom stereocenters. The summed E-state index contributed by atoms with van der Waals surface area (Å²) in [5, 5.41) is 0. The first-order valence-corrected chi connectivity index (χ1v) is 5.78. The summed E-state index contributed by atoms with van der Waals surface area (Å²) in [6.07, 6.45) is 5.47. The third kappa shape index (κ3) is 3.22. The Morgan fingerprint density at radius 3 is 2.38 bits per heavy atom. The summed E-state index contributed by atoms with van der Waals surface area (Å²) in [4.78, 5) is 16.0. The Labute approximate surface area is 97.8 Å². The van der Waals surface area contributed by atoms with Crippen molar-refractivity contribution < 1.29 is 4.79 Å². The van der Waals surface area contributed by atoms with E-state index in [-0.39, 0.29) is 5.91 Å². The van der Waals surface area contributed by atoms with Crippen LogP contribution in [-0.4, -0.2) is 54.0 Å². The highest BCUT2D eigenvalue weighted by atomic mass is 16.2. The zero-order valence-electron chi connectivity index (χ0n) is 10.1. The van der Waals surface area contributed by atoms with Crippen LogP contribution in [0.15, 0.2) is 0 Å². The van der Waals surface area contributed by atoms with E-state index in [1.165, 1.54) is 0 Å². The molecule has 1 fully saturated rings. The van der Waals surface area contributed by atoms with E-state index in [1.807, 2.05) is 4.90 Å². The molecule has 0 radical (unpaired) electrons. The third-order valence-corrected chi connectivity index (χ3v) is 3.01. The van der Waals surface area contributed by atoms with Crippen LogP contribution in [0.25, 0.3) is 0 Å². The fourth-order valence-electron chi connectivity index (χ4n) is 1.91. The number of carbonyl (C=O) groups is 1. The van der Waals surface area contributed by atoms with Crippen LogP contribution >= 0.6 is 0 Å². The van der Waals surface area contributed by atoms with E-state index in [4.69, 9.17) is 12.2 Å². The van der Waals surface area contributed by atoms with E-state index in [0.717, 1.165) is 26.2 Å². The van der Waals surface area contributed by atoms with Gasteiger partial charge in [-0.15, -0.1) is 12.3 Å². The summed E-state index contributed by atoms with van der Waals surface area (Å²) in [6, 6.07) is 0.00670. The molecule has 1 aliphatic rings. The van der Waals surface area contributed by atoms with Crippen LogP contribution < -0.4 is 5.73 Å². The molecular formula is C12H21N3O. The maximum atomic E-state index is 11.9. The third-order valence-electron chi connectivity index (χ3n) is 3.01. The van der Waals surface area contributed by atoms with Gasteiger partial charge in [-0.25, -0.2) is 0 Å². The Bertz CT molecular complexity index is 274. The van der Waals surface area contributed by atoms with Crippen molar-refractivity contribution in [3.63, 3.8) is 0 Å². The van der Waals surface area contributed by atoms with Crippen LogP contribution in [0, 0.1) is 12.3 Å². The molecule has 90 valence electrons. The van der Waals surface area contributed by atoms with Crippen LogP contribution in [0.5, 0.6) is 0 Å². The van der Waals surface area contributed by atoms with E-state index < -0.39 is 6.04 Å². The highest BCUT2D eigenvalue weighted by Gasteiger charge is 2.25. The minimum atomic E-state index is -0.532. The summed E-state index contributed by atoms with van der Waals surface area (Å²) >= 11 is 0. The second-order valence-electron chi connectivity index (χ2n) is 4.47. The van der Waals surface area contributed by atoms with Crippen molar-refractivity contribution in [2.45, 2.75) is 32.4 Å². The SMILES string of the molecule is C#CCC(N)C(=O)N1CCN(C(C)C)CC1. The van der Waals surface area contributed by atoms with Crippen molar-refractivity contribution in [1.29, 1.82) is 0 Å². The first-order chi connectivity index (χ1) is 7.56. The number of carbonyl (C=O) groups excluding carboxylic acids is 1. The van der Waals surface area contributed by atoms with Crippen molar-refractivity contribution in [1.82, 2.24) is 9.80 Å². The molecule has 0 spiro atoms. The highest BCUT2D eigenvalue weighted by Crippen LogP contribution is 2.07. The van der Waals surface area contributed by atoms with Gasteiger partial charge < -0.3 is 10.6 Å². The first-order valence-electron chi connectivity index (χ1n) is 5.78. The molecule has 0 aliphatic carbocycles. The van der Waals surface area contributed by atoms with E-state index in [0.29, 0.717) is 12.5 Å². The zero-order valence-corrected chi connectivity index (χ0v) is 10.1. The number of piperazine rings is 1. The largest absolute Gasteiger partial charge is 0.339 e. The van der Waals surface area contributed by atoms with E-state index in [2.05, 4.69) is 24.7 Å². The Kier molecular flexibility index (Phi) is 4.78. The summed E-state index contributed by atoms with van der Waals surface area (Å²) in [7, 11) is 0. The molecule has 0 aromatic carbocycles. The van der Waals surface area contributed by atoms with Gasteiger partial charge in [-0.2, -0.15) is 0 Å². The number of terminal acetylenes is 1. The molecule has 2 N–H and O–H groups in total. The maximum Gasteiger partial charge on any atom is 0.240 e. The molecule has 1 amide bonds. The summed E-state index contributed by atoms with van der Waals surface area (Å²) < 4.78 is 0. The predicted molar refractivity (Wildman–Crippen MR) is 64.7 cm³/mol. The lowest BCUT2D eigenvalue weighted by atomic mass is 10.1. The molecular weight excluding hydrogens is 202 g/mol. The number of rotatable bonds is 3. The predicted octanol–water partition coefficient (Wildman–Crippen LogP) is -0.110. The van der Waals surface area contributed by atoms with Crippen LogP contribution in [0.4, 0.5) is 0 Å². The Hall–Kier alpha value is -1.05. The van der Waals surface area contributed by atoms with Crippen molar-refractivity contribution in [2.24, 2.45) is 5.73 Å². The van der Waals surface area contributed by atoms with Gasteiger partial charge in [0.25, 0.3) is 0 Å². The average molecular weight is 223 g/mol. The highest BCUT2D eigenvalue weighted by molar-refractivity contribution is 5.82. The minimum Gasteiger partial charge on any atom is -0.339 e. The van der Waals surface area contributed by atoms with Crippen LogP contribution in [-0.2, 0) is 4.79 Å². The molecule has 1 heterocycles. The lowest BCUT2D eigenvalue weighted by Crippen LogP contribution is -2.54. The van der Waals surface area contributed by atoms with Crippen LogP contribution in [0.3, 0.4) is 0 Å². The van der Waals surface area contributed by atoms with Gasteiger partial charge in [0.1, 0.15) is 0 Å². The molecule has 0 bridgehead atoms. The molecule has 1 rings (SSSR count). The van der Waals surface area contributed by atoms with Gasteiger partial charge in [0.05, 0.1) is 6.04 Å². The van der Waals surface area contributed by atoms with Gasteiger partial charge in [-0.3, -0.25) is 9.69 Å². The average Bonchev–Trinajstić information content (AvgIpc) is 2.28. The number of hydrogen-bond acceptors (Lipinski definition) is 3. The summed E-state index contributed by atoms with van der Waals surface area (Å²) in [5.74, 6) is 2.42. The van der Waals surface area contributed by atoms with Gasteiger partial charge >= 0.3 is 0 Å². The van der Waals surface area contributed by atoms with Crippen LogP contribution in [0.2, 0.25) is 0 Å². The molecule has 1 saturated heterocycles. The van der Waals surface area contributed by atoms with E-state index in [1.54, 1.807) is 0 Å². The van der Waals surface area contributed by atoms with Crippen molar-refractivity contribution >= 4 is 5.91 Å². The van der Waals surface area contributed by atoms with Crippen LogP contribution in [0.1, 0.15) is 20.3 Å². The molecule has 0 saturated carbocycles. The van der Waals surface area contributed by atoms with Gasteiger partial charge in [-0.1, -0.05) is 0 Å². The molecule has 16 heavy (non-hydrogen) atoms. The fourth-order valence-corrected chi connectivity index (χ4v) is 1.91. The first kappa shape index (κ1) is 13.0. The Morgan fingerprint density at radius 2 is 1.94 bits per heavy atom. The molecule has 1 atom stereocenters. The Morgan fingerprint density at radius 1 is 1.38 bits per heavy atom. The lowest BCUT2D eigenvalue weighted by Gasteiger charge is -2.37. The van der Waals surface area contributed by atoms with Crippen molar-refractivity contribution in [3.8, 4) is 12.3 Å². The monoisotopic (exact) mass is 223 g/mol. The summed E-state index contributed by atoms with van der Waals surface area (Å²) in [5.41, 5.74) is 5.71. The summed E-state index contributed by atoms with van der Waals surface area (Å²) in [6.45, 7) is 7.70. The lowest BCUT2D eigenvalue weighted by molar-refractivity contribution is -0.134. The van der Waals surface area contributed by atoms with Crippen molar-refractivity contribution in [3.05, 3.63) is 0 Å². The number of hydrogen-bond donors (Lipinski definition) is 1. The molecule has 0 aromatic heterocycles. The second kappa shape index (κ2) is 5.88. The van der Waals surface area contributed by atoms with Gasteiger partial charge in [0.2, 0.25) is 5.91 Å². The molecule has 4 heteroatoms. The quantitative estimate of drug-likeness (QED) is 0.679. The van der Waals surface area contributed by atoms with Gasteiger partial charge in [0, 0.05) is 38.6 Å². The zero-order chi connectivity index (χ0) is 12.1. The topological polar surface area (TPSA) is 49.6 Å². The number of nitrogens with zero attached hydrogens (tertiary/aromatic N) is 2. The van der Waals surface area contributed by atoms with E-state index >= 15 is 0 Å². The fraction of sp³-hybridized carbons (Fsp3) is 0.750. The molecule has 1 aliphatic heterocycles. The standard InChI is InChI=1S/C12H21N3O/c1-4-5-11(13)12(16)15-8-6-14(7-9-15)10(2)3/h1,10-11H,5-9,13H2,2-3H3. The minimum absolute atomic E-state index is 0.0126. The van der Waals surface area contributed by atoms with Gasteiger partial charge in [0.15, 0.2) is 0 Å². The van der Waals surface area contributed by atoms with Crippen molar-refractivity contribution in [2.75, 3.05) is 26.2 Å². The second-order valence-corrected chi connectivity index (χ2v) is 4.47. The normalized spacial score (nSPS) is 19.6.